The van der Waals surface area contributed by atoms with Gasteiger partial charge in [-0.05, 0) is 37.5 Å². The highest BCUT2D eigenvalue weighted by Gasteiger charge is 2.07. The Balaban J connectivity index is 2.67. The van der Waals surface area contributed by atoms with Crippen LogP contribution in [0.25, 0.3) is 0 Å². The third-order valence-electron chi connectivity index (χ3n) is 2.16. The van der Waals surface area contributed by atoms with Gasteiger partial charge in [0.1, 0.15) is 5.82 Å². The highest BCUT2D eigenvalue weighted by molar-refractivity contribution is 6.33. The van der Waals surface area contributed by atoms with Crippen LogP contribution in [0.3, 0.4) is 0 Å². The Kier molecular flexibility index (Phi) is 4.40. The highest BCUT2D eigenvalue weighted by Crippen LogP contribution is 2.24. The van der Waals surface area contributed by atoms with E-state index >= 15 is 0 Å². The minimum Gasteiger partial charge on any atom is -0.381 e. The predicted molar refractivity (Wildman–Crippen MR) is 63.9 cm³/mol. The smallest absolute Gasteiger partial charge is 0.125 e. The van der Waals surface area contributed by atoms with Crippen LogP contribution in [-0.4, -0.2) is 6.04 Å². The van der Waals surface area contributed by atoms with Gasteiger partial charge in [0, 0.05) is 6.04 Å². The van der Waals surface area contributed by atoms with E-state index in [-0.39, 0.29) is 5.82 Å². The minimum absolute atomic E-state index is 0.265. The van der Waals surface area contributed by atoms with E-state index in [1.165, 1.54) is 12.1 Å². The summed E-state index contributed by atoms with van der Waals surface area (Å²) >= 11 is 5.95. The number of hydrogen-bond donors (Lipinski definition) is 1. The topological polar surface area (TPSA) is 12.0 Å². The van der Waals surface area contributed by atoms with E-state index < -0.39 is 0 Å². The maximum atomic E-state index is 13.0. The minimum atomic E-state index is -0.265. The lowest BCUT2D eigenvalue weighted by Gasteiger charge is -2.18. The maximum absolute atomic E-state index is 13.0. The second-order valence-electron chi connectivity index (χ2n) is 4.30. The molecule has 0 aliphatic rings. The van der Waals surface area contributed by atoms with Gasteiger partial charge in [-0.15, -0.1) is 0 Å². The second-order valence-corrected chi connectivity index (χ2v) is 4.71. The van der Waals surface area contributed by atoms with E-state index in [0.717, 1.165) is 6.42 Å². The Morgan fingerprint density at radius 3 is 2.60 bits per heavy atom. The fourth-order valence-corrected chi connectivity index (χ4v) is 1.81. The average molecular weight is 230 g/mol. The van der Waals surface area contributed by atoms with Crippen molar-refractivity contribution < 1.29 is 4.39 Å². The molecule has 1 atom stereocenters. The fourth-order valence-electron chi connectivity index (χ4n) is 1.64. The molecule has 84 valence electrons. The first kappa shape index (κ1) is 12.3. The summed E-state index contributed by atoms with van der Waals surface area (Å²) in [4.78, 5) is 0. The van der Waals surface area contributed by atoms with E-state index in [0.29, 0.717) is 22.7 Å². The van der Waals surface area contributed by atoms with Gasteiger partial charge in [-0.2, -0.15) is 0 Å². The standard InChI is InChI=1S/C12H17ClFN/c1-8(2)6-9(3)15-12-7-10(14)4-5-11(12)13/h4-5,7-9,15H,6H2,1-3H3. The van der Waals surface area contributed by atoms with Crippen molar-refractivity contribution in [2.24, 2.45) is 5.92 Å². The normalized spacial score (nSPS) is 12.9. The van der Waals surface area contributed by atoms with Crippen LogP contribution in [0.5, 0.6) is 0 Å². The molecule has 0 bridgehead atoms. The third kappa shape index (κ3) is 4.08. The maximum Gasteiger partial charge on any atom is 0.125 e. The number of rotatable bonds is 4. The molecule has 0 aliphatic heterocycles. The summed E-state index contributed by atoms with van der Waals surface area (Å²) < 4.78 is 13.0. The largest absolute Gasteiger partial charge is 0.381 e. The Hall–Kier alpha value is -0.760. The van der Waals surface area contributed by atoms with Gasteiger partial charge in [0.15, 0.2) is 0 Å². The van der Waals surface area contributed by atoms with Crippen molar-refractivity contribution in [1.82, 2.24) is 0 Å². The van der Waals surface area contributed by atoms with Gasteiger partial charge in [-0.3, -0.25) is 0 Å². The molecule has 1 aromatic carbocycles. The van der Waals surface area contributed by atoms with Crippen molar-refractivity contribution in [1.29, 1.82) is 0 Å². The lowest BCUT2D eigenvalue weighted by Crippen LogP contribution is -2.17. The fraction of sp³-hybridized carbons (Fsp3) is 0.500. The van der Waals surface area contributed by atoms with Crippen molar-refractivity contribution in [3.63, 3.8) is 0 Å². The number of hydrogen-bond acceptors (Lipinski definition) is 1. The first-order valence-electron chi connectivity index (χ1n) is 5.20. The molecule has 1 N–H and O–H groups in total. The summed E-state index contributed by atoms with van der Waals surface area (Å²) in [6.45, 7) is 6.39. The van der Waals surface area contributed by atoms with Crippen LogP contribution in [0.2, 0.25) is 5.02 Å². The summed E-state index contributed by atoms with van der Waals surface area (Å²) in [7, 11) is 0. The van der Waals surface area contributed by atoms with Gasteiger partial charge < -0.3 is 5.32 Å². The molecule has 15 heavy (non-hydrogen) atoms. The van der Waals surface area contributed by atoms with E-state index in [9.17, 15) is 4.39 Å². The van der Waals surface area contributed by atoms with Gasteiger partial charge in [0.2, 0.25) is 0 Å². The van der Waals surface area contributed by atoms with Crippen LogP contribution in [0.15, 0.2) is 18.2 Å². The quantitative estimate of drug-likeness (QED) is 0.811. The first-order valence-corrected chi connectivity index (χ1v) is 5.58. The van der Waals surface area contributed by atoms with Crippen LogP contribution in [0.1, 0.15) is 27.2 Å². The number of anilines is 1. The highest BCUT2D eigenvalue weighted by atomic mass is 35.5. The van der Waals surface area contributed by atoms with Crippen molar-refractivity contribution in [2.75, 3.05) is 5.32 Å². The second kappa shape index (κ2) is 5.36. The monoisotopic (exact) mass is 229 g/mol. The zero-order valence-corrected chi connectivity index (χ0v) is 10.1. The Bertz CT molecular complexity index is 325. The molecule has 0 amide bonds. The molecule has 0 saturated heterocycles. The zero-order chi connectivity index (χ0) is 11.4. The van der Waals surface area contributed by atoms with Crippen LogP contribution < -0.4 is 5.32 Å². The summed E-state index contributed by atoms with van der Waals surface area (Å²) in [5.41, 5.74) is 0.671. The molecule has 3 heteroatoms. The molecular weight excluding hydrogens is 213 g/mol. The number of benzene rings is 1. The molecule has 1 rings (SSSR count). The van der Waals surface area contributed by atoms with Gasteiger partial charge in [-0.25, -0.2) is 4.39 Å². The first-order chi connectivity index (χ1) is 6.99. The van der Waals surface area contributed by atoms with Gasteiger partial charge >= 0.3 is 0 Å². The molecule has 0 spiro atoms. The van der Waals surface area contributed by atoms with Crippen LogP contribution in [0.4, 0.5) is 10.1 Å². The third-order valence-corrected chi connectivity index (χ3v) is 2.48. The van der Waals surface area contributed by atoms with Gasteiger partial charge in [0.25, 0.3) is 0 Å². The van der Waals surface area contributed by atoms with Crippen LogP contribution >= 0.6 is 11.6 Å². The van der Waals surface area contributed by atoms with E-state index in [2.05, 4.69) is 26.1 Å². The molecule has 0 fully saturated rings. The van der Waals surface area contributed by atoms with Crippen LogP contribution in [-0.2, 0) is 0 Å². The van der Waals surface area contributed by atoms with Crippen molar-refractivity contribution in [3.8, 4) is 0 Å². The number of halogens is 2. The summed E-state index contributed by atoms with van der Waals surface area (Å²) in [5.74, 6) is 0.346. The number of nitrogens with one attached hydrogen (secondary N) is 1. The molecule has 0 heterocycles. The molecule has 1 unspecified atom stereocenters. The van der Waals surface area contributed by atoms with Gasteiger partial charge in [0.05, 0.1) is 10.7 Å². The molecule has 1 aromatic rings. The average Bonchev–Trinajstić information content (AvgIpc) is 2.10. The summed E-state index contributed by atoms with van der Waals surface area (Å²) in [6.07, 6.45) is 1.03. The molecule has 0 radical (unpaired) electrons. The van der Waals surface area contributed by atoms with Crippen molar-refractivity contribution >= 4 is 17.3 Å². The summed E-state index contributed by atoms with van der Waals surface area (Å²) in [5, 5.41) is 3.77. The Morgan fingerprint density at radius 2 is 2.00 bits per heavy atom. The molecule has 0 aliphatic carbocycles. The Morgan fingerprint density at radius 1 is 1.33 bits per heavy atom. The molecule has 0 aromatic heterocycles. The van der Waals surface area contributed by atoms with Crippen molar-refractivity contribution in [2.45, 2.75) is 33.2 Å². The predicted octanol–water partition coefficient (Wildman–Crippen LogP) is 4.33. The summed E-state index contributed by atoms with van der Waals surface area (Å²) in [6, 6.07) is 4.66. The van der Waals surface area contributed by atoms with E-state index in [1.54, 1.807) is 6.07 Å². The lowest BCUT2D eigenvalue weighted by atomic mass is 10.1. The van der Waals surface area contributed by atoms with E-state index in [4.69, 9.17) is 11.6 Å². The van der Waals surface area contributed by atoms with Crippen LogP contribution in [0, 0.1) is 11.7 Å². The Labute approximate surface area is 95.6 Å². The SMILES string of the molecule is CC(C)CC(C)Nc1cc(F)ccc1Cl. The van der Waals surface area contributed by atoms with Gasteiger partial charge in [-0.1, -0.05) is 25.4 Å². The lowest BCUT2D eigenvalue weighted by molar-refractivity contribution is 0.539. The molecule has 1 nitrogen and oxygen atoms in total. The molecular formula is C12H17ClFN. The zero-order valence-electron chi connectivity index (χ0n) is 9.35. The van der Waals surface area contributed by atoms with Crippen molar-refractivity contribution in [3.05, 3.63) is 29.0 Å². The van der Waals surface area contributed by atoms with E-state index in [1.807, 2.05) is 0 Å². The molecule has 0 saturated carbocycles.